The third-order valence-corrected chi connectivity index (χ3v) is 3.60. The number of halogens is 1. The number of hydrogen-bond donors (Lipinski definition) is 0. The number of hydrogen-bond acceptors (Lipinski definition) is 3. The lowest BCUT2D eigenvalue weighted by Gasteiger charge is -2.07. The van der Waals surface area contributed by atoms with E-state index in [0.29, 0.717) is 12.0 Å². The Morgan fingerprint density at radius 2 is 2.12 bits per heavy atom. The van der Waals surface area contributed by atoms with Gasteiger partial charge in [0.15, 0.2) is 0 Å². The number of alkyl halides is 1. The number of benzene rings is 1. The van der Waals surface area contributed by atoms with Crippen LogP contribution in [-0.2, 0) is 6.42 Å². The SMILES string of the molecule is O=[N+]([O-])c1ccccc1CC(Cl)c1ccsc1. The monoisotopic (exact) mass is 267 g/mol. The number of nitro groups is 1. The molecule has 0 spiro atoms. The number of thiophene rings is 1. The molecular formula is C12H10ClNO2S. The molecule has 1 unspecified atom stereocenters. The van der Waals surface area contributed by atoms with Gasteiger partial charge in [0.1, 0.15) is 0 Å². The van der Waals surface area contributed by atoms with Crippen molar-refractivity contribution in [2.45, 2.75) is 11.8 Å². The minimum absolute atomic E-state index is 0.133. The molecule has 0 aliphatic heterocycles. The van der Waals surface area contributed by atoms with Gasteiger partial charge in [-0.25, -0.2) is 0 Å². The molecule has 0 aliphatic rings. The molecule has 0 amide bonds. The zero-order chi connectivity index (χ0) is 12.3. The van der Waals surface area contributed by atoms with Crippen LogP contribution in [0.1, 0.15) is 16.5 Å². The molecule has 0 radical (unpaired) electrons. The molecule has 1 heterocycles. The molecule has 1 atom stereocenters. The molecule has 1 aromatic heterocycles. The van der Waals surface area contributed by atoms with Crippen LogP contribution >= 0.6 is 22.9 Å². The molecule has 17 heavy (non-hydrogen) atoms. The molecule has 5 heteroatoms. The maximum absolute atomic E-state index is 10.9. The van der Waals surface area contributed by atoms with Crippen LogP contribution in [0.15, 0.2) is 41.1 Å². The summed E-state index contributed by atoms with van der Waals surface area (Å²) in [5.41, 5.74) is 1.81. The van der Waals surface area contributed by atoms with Crippen LogP contribution in [-0.4, -0.2) is 4.92 Å². The minimum Gasteiger partial charge on any atom is -0.258 e. The normalized spacial score (nSPS) is 12.3. The summed E-state index contributed by atoms with van der Waals surface area (Å²) in [7, 11) is 0. The third-order valence-electron chi connectivity index (χ3n) is 2.49. The van der Waals surface area contributed by atoms with Gasteiger partial charge in [0.05, 0.1) is 10.3 Å². The fourth-order valence-electron chi connectivity index (χ4n) is 1.63. The van der Waals surface area contributed by atoms with Gasteiger partial charge in [-0.1, -0.05) is 18.2 Å². The maximum Gasteiger partial charge on any atom is 0.272 e. The minimum atomic E-state index is -0.368. The van der Waals surface area contributed by atoms with E-state index < -0.39 is 0 Å². The highest BCUT2D eigenvalue weighted by Gasteiger charge is 2.17. The van der Waals surface area contributed by atoms with Crippen molar-refractivity contribution in [3.63, 3.8) is 0 Å². The van der Waals surface area contributed by atoms with Crippen LogP contribution in [0.25, 0.3) is 0 Å². The standard InChI is InChI=1S/C12H10ClNO2S/c13-11(10-5-6-17-8-10)7-9-3-1-2-4-12(9)14(15)16/h1-6,8,11H,7H2. The fraction of sp³-hybridized carbons (Fsp3) is 0.167. The van der Waals surface area contributed by atoms with E-state index in [1.807, 2.05) is 16.8 Å². The topological polar surface area (TPSA) is 43.1 Å². The third kappa shape index (κ3) is 2.84. The first-order valence-electron chi connectivity index (χ1n) is 5.07. The van der Waals surface area contributed by atoms with E-state index in [0.717, 1.165) is 5.56 Å². The zero-order valence-corrected chi connectivity index (χ0v) is 10.4. The molecule has 0 bridgehead atoms. The van der Waals surface area contributed by atoms with Crippen molar-refractivity contribution >= 4 is 28.6 Å². The Labute approximate surface area is 108 Å². The van der Waals surface area contributed by atoms with Crippen molar-refractivity contribution < 1.29 is 4.92 Å². The molecule has 2 aromatic rings. The van der Waals surface area contributed by atoms with E-state index in [9.17, 15) is 10.1 Å². The van der Waals surface area contributed by atoms with Crippen molar-refractivity contribution in [2.24, 2.45) is 0 Å². The summed E-state index contributed by atoms with van der Waals surface area (Å²) in [5, 5.41) is 14.5. The van der Waals surface area contributed by atoms with Crippen molar-refractivity contribution in [2.75, 3.05) is 0 Å². The lowest BCUT2D eigenvalue weighted by Crippen LogP contribution is -1.99. The second-order valence-corrected chi connectivity index (χ2v) is 4.92. The molecule has 1 aromatic carbocycles. The summed E-state index contributed by atoms with van der Waals surface area (Å²) < 4.78 is 0. The predicted octanol–water partition coefficient (Wildman–Crippen LogP) is 4.18. The van der Waals surface area contributed by atoms with Gasteiger partial charge < -0.3 is 0 Å². The van der Waals surface area contributed by atoms with Crippen LogP contribution in [0.4, 0.5) is 5.69 Å². The molecular weight excluding hydrogens is 258 g/mol. The van der Waals surface area contributed by atoms with E-state index in [2.05, 4.69) is 0 Å². The van der Waals surface area contributed by atoms with Crippen LogP contribution in [0.2, 0.25) is 0 Å². The predicted molar refractivity (Wildman–Crippen MR) is 69.7 cm³/mol. The lowest BCUT2D eigenvalue weighted by molar-refractivity contribution is -0.385. The van der Waals surface area contributed by atoms with E-state index in [4.69, 9.17) is 11.6 Å². The number of nitrogens with zero attached hydrogens (tertiary/aromatic N) is 1. The molecule has 0 saturated carbocycles. The van der Waals surface area contributed by atoms with Gasteiger partial charge >= 0.3 is 0 Å². The Bertz CT molecular complexity index is 513. The average molecular weight is 268 g/mol. The van der Waals surface area contributed by atoms with Gasteiger partial charge in [-0.3, -0.25) is 10.1 Å². The van der Waals surface area contributed by atoms with E-state index in [1.165, 1.54) is 6.07 Å². The first-order valence-corrected chi connectivity index (χ1v) is 6.45. The van der Waals surface area contributed by atoms with Crippen molar-refractivity contribution in [1.29, 1.82) is 0 Å². The Morgan fingerprint density at radius 3 is 2.76 bits per heavy atom. The van der Waals surface area contributed by atoms with E-state index in [1.54, 1.807) is 29.5 Å². The Kier molecular flexibility index (Phi) is 3.76. The van der Waals surface area contributed by atoms with Gasteiger partial charge in [0.2, 0.25) is 0 Å². The van der Waals surface area contributed by atoms with Crippen LogP contribution in [0.5, 0.6) is 0 Å². The Hall–Kier alpha value is -1.39. The fourth-order valence-corrected chi connectivity index (χ4v) is 2.72. The second kappa shape index (κ2) is 5.29. The molecule has 0 saturated heterocycles. The smallest absolute Gasteiger partial charge is 0.258 e. The zero-order valence-electron chi connectivity index (χ0n) is 8.88. The Balaban J connectivity index is 2.21. The summed E-state index contributed by atoms with van der Waals surface area (Å²) >= 11 is 7.81. The van der Waals surface area contributed by atoms with E-state index in [-0.39, 0.29) is 16.0 Å². The summed E-state index contributed by atoms with van der Waals surface area (Å²) in [6.07, 6.45) is 0.468. The summed E-state index contributed by atoms with van der Waals surface area (Å²) in [6.45, 7) is 0. The van der Waals surface area contributed by atoms with Crippen LogP contribution < -0.4 is 0 Å². The highest BCUT2D eigenvalue weighted by atomic mass is 35.5. The summed E-state index contributed by atoms with van der Waals surface area (Å²) in [5.74, 6) is 0. The van der Waals surface area contributed by atoms with Crippen molar-refractivity contribution in [1.82, 2.24) is 0 Å². The van der Waals surface area contributed by atoms with Gasteiger partial charge in [-0.2, -0.15) is 11.3 Å². The molecule has 0 fully saturated rings. The van der Waals surface area contributed by atoms with Crippen molar-refractivity contribution in [3.8, 4) is 0 Å². The quantitative estimate of drug-likeness (QED) is 0.474. The molecule has 0 N–H and O–H groups in total. The van der Waals surface area contributed by atoms with Crippen LogP contribution in [0.3, 0.4) is 0 Å². The molecule has 0 aliphatic carbocycles. The van der Waals surface area contributed by atoms with E-state index >= 15 is 0 Å². The number of rotatable bonds is 4. The first kappa shape index (κ1) is 12.1. The Morgan fingerprint density at radius 1 is 1.35 bits per heavy atom. The maximum atomic E-state index is 10.9. The molecule has 3 nitrogen and oxygen atoms in total. The second-order valence-electron chi connectivity index (χ2n) is 3.61. The lowest BCUT2D eigenvalue weighted by atomic mass is 10.0. The first-order chi connectivity index (χ1) is 8.18. The van der Waals surface area contributed by atoms with Crippen LogP contribution in [0, 0.1) is 10.1 Å². The van der Waals surface area contributed by atoms with Crippen molar-refractivity contribution in [3.05, 3.63) is 62.3 Å². The molecule has 2 rings (SSSR count). The number of nitro benzene ring substituents is 1. The molecule has 88 valence electrons. The van der Waals surface area contributed by atoms with Gasteiger partial charge in [0, 0.05) is 11.6 Å². The van der Waals surface area contributed by atoms with Gasteiger partial charge in [-0.05, 0) is 28.8 Å². The largest absolute Gasteiger partial charge is 0.272 e. The summed E-state index contributed by atoms with van der Waals surface area (Å²) in [6, 6.07) is 8.65. The van der Waals surface area contributed by atoms with Gasteiger partial charge in [0.25, 0.3) is 5.69 Å². The highest BCUT2D eigenvalue weighted by molar-refractivity contribution is 7.08. The average Bonchev–Trinajstić information content (AvgIpc) is 2.83. The summed E-state index contributed by atoms with van der Waals surface area (Å²) in [4.78, 5) is 10.5. The van der Waals surface area contributed by atoms with Gasteiger partial charge in [-0.15, -0.1) is 11.6 Å². The highest BCUT2D eigenvalue weighted by Crippen LogP contribution is 2.30. The number of para-hydroxylation sites is 1.